The lowest BCUT2D eigenvalue weighted by atomic mass is 9.85. The smallest absolute Gasteiger partial charge is 0.0417 e. The number of nitrogens with one attached hydrogen (secondary N) is 1. The molecule has 2 aliphatic rings. The summed E-state index contributed by atoms with van der Waals surface area (Å²) in [5.74, 6) is 1.58. The molecule has 1 aromatic carbocycles. The number of likely N-dealkylation sites (tertiary alicyclic amines) is 1. The molecule has 0 aromatic heterocycles. The molecule has 104 valence electrons. The Hall–Kier alpha value is -0.0900. The van der Waals surface area contributed by atoms with Crippen molar-refractivity contribution in [3.63, 3.8) is 0 Å². The van der Waals surface area contributed by atoms with Crippen molar-refractivity contribution in [2.75, 3.05) is 19.6 Å². The van der Waals surface area contributed by atoms with Gasteiger partial charge in [0.05, 0.1) is 0 Å². The first-order valence-corrected chi connectivity index (χ1v) is 8.05. The Kier molecular flexibility index (Phi) is 3.67. The van der Waals surface area contributed by atoms with E-state index >= 15 is 0 Å². The van der Waals surface area contributed by atoms with E-state index < -0.39 is 0 Å². The molecule has 2 fully saturated rings. The lowest BCUT2D eigenvalue weighted by molar-refractivity contribution is 0.132. The van der Waals surface area contributed by atoms with Crippen LogP contribution in [-0.4, -0.2) is 30.1 Å². The number of rotatable bonds is 2. The van der Waals surface area contributed by atoms with E-state index in [1.165, 1.54) is 18.7 Å². The summed E-state index contributed by atoms with van der Waals surface area (Å²) in [6.07, 6.45) is 0. The zero-order valence-electron chi connectivity index (χ0n) is 11.4. The fourth-order valence-corrected chi connectivity index (χ4v) is 4.44. The van der Waals surface area contributed by atoms with Crippen LogP contribution in [0.5, 0.6) is 0 Å². The zero-order valence-corrected chi connectivity index (χ0v) is 13.8. The molecule has 2 nitrogen and oxygen atoms in total. The highest BCUT2D eigenvalue weighted by molar-refractivity contribution is 9.10. The number of benzene rings is 1. The van der Waals surface area contributed by atoms with Gasteiger partial charge in [-0.2, -0.15) is 0 Å². The second-order valence-corrected chi connectivity index (χ2v) is 7.59. The Balaban J connectivity index is 1.80. The van der Waals surface area contributed by atoms with Crippen LogP contribution in [0.3, 0.4) is 0 Å². The van der Waals surface area contributed by atoms with Crippen LogP contribution in [0.2, 0.25) is 5.02 Å². The summed E-state index contributed by atoms with van der Waals surface area (Å²) >= 11 is 9.65. The minimum absolute atomic E-state index is 0.271. The third-order valence-electron chi connectivity index (χ3n) is 4.89. The Morgan fingerprint density at radius 1 is 1.42 bits per heavy atom. The molecular weight excluding hydrogens is 324 g/mol. The van der Waals surface area contributed by atoms with Crippen LogP contribution < -0.4 is 5.32 Å². The van der Waals surface area contributed by atoms with Crippen molar-refractivity contribution in [1.29, 1.82) is 0 Å². The molecule has 1 aromatic rings. The molecule has 3 rings (SSSR count). The summed E-state index contributed by atoms with van der Waals surface area (Å²) in [7, 11) is 0. The van der Waals surface area contributed by atoms with E-state index in [1.54, 1.807) is 0 Å². The first kappa shape index (κ1) is 13.9. The van der Waals surface area contributed by atoms with E-state index in [4.69, 9.17) is 11.6 Å². The van der Waals surface area contributed by atoms with E-state index in [1.807, 2.05) is 12.1 Å². The van der Waals surface area contributed by atoms with Gasteiger partial charge in [-0.1, -0.05) is 33.6 Å². The minimum atomic E-state index is 0.271. The molecule has 4 heteroatoms. The molecule has 0 spiro atoms. The highest BCUT2D eigenvalue weighted by atomic mass is 79.9. The second kappa shape index (κ2) is 5.03. The van der Waals surface area contributed by atoms with Crippen molar-refractivity contribution in [3.05, 3.63) is 33.3 Å². The molecule has 2 atom stereocenters. The number of fused-ring (bicyclic) bond motifs is 1. The Morgan fingerprint density at radius 3 is 2.89 bits per heavy atom. The summed E-state index contributed by atoms with van der Waals surface area (Å²) in [5.41, 5.74) is 1.60. The predicted molar refractivity (Wildman–Crippen MR) is 83.5 cm³/mol. The minimum Gasteiger partial charge on any atom is -0.316 e. The van der Waals surface area contributed by atoms with Gasteiger partial charge in [0, 0.05) is 34.7 Å². The summed E-state index contributed by atoms with van der Waals surface area (Å²) < 4.78 is 1.12. The van der Waals surface area contributed by atoms with E-state index in [0.717, 1.165) is 34.4 Å². The standard InChI is InChI=1S/C15H20BrClN2/c1-15(2)13-7-18-6-11(13)9-19(15)8-10-3-4-12(17)5-14(10)16/h3-5,11,13,18H,6-9H2,1-2H3. The van der Waals surface area contributed by atoms with Gasteiger partial charge >= 0.3 is 0 Å². The van der Waals surface area contributed by atoms with Gasteiger partial charge in [0.1, 0.15) is 0 Å². The molecule has 2 aliphatic heterocycles. The van der Waals surface area contributed by atoms with Gasteiger partial charge in [-0.3, -0.25) is 4.90 Å². The monoisotopic (exact) mass is 342 g/mol. The SMILES string of the molecule is CC1(C)C2CNCC2CN1Cc1ccc(Cl)cc1Br. The average Bonchev–Trinajstić information content (AvgIpc) is 2.87. The Morgan fingerprint density at radius 2 is 2.21 bits per heavy atom. The van der Waals surface area contributed by atoms with E-state index in [-0.39, 0.29) is 5.54 Å². The van der Waals surface area contributed by atoms with Crippen LogP contribution in [0.25, 0.3) is 0 Å². The summed E-state index contributed by atoms with van der Waals surface area (Å²) in [5, 5.41) is 4.32. The number of nitrogens with zero attached hydrogens (tertiary/aromatic N) is 1. The largest absolute Gasteiger partial charge is 0.316 e. The molecule has 0 amide bonds. The second-order valence-electron chi connectivity index (χ2n) is 6.29. The normalized spacial score (nSPS) is 29.7. The maximum atomic E-state index is 6.02. The molecule has 2 unspecified atom stereocenters. The van der Waals surface area contributed by atoms with Crippen LogP contribution >= 0.6 is 27.5 Å². The molecule has 0 radical (unpaired) electrons. The summed E-state index contributed by atoms with van der Waals surface area (Å²) in [6.45, 7) is 9.29. The zero-order chi connectivity index (χ0) is 13.6. The van der Waals surface area contributed by atoms with Gasteiger partial charge in [-0.15, -0.1) is 0 Å². The lowest BCUT2D eigenvalue weighted by Crippen LogP contribution is -2.43. The maximum absolute atomic E-state index is 6.02. The first-order valence-electron chi connectivity index (χ1n) is 6.88. The average molecular weight is 344 g/mol. The molecule has 2 heterocycles. The molecule has 0 bridgehead atoms. The number of hydrogen-bond acceptors (Lipinski definition) is 2. The van der Waals surface area contributed by atoms with Crippen LogP contribution in [0.4, 0.5) is 0 Å². The molecule has 0 aliphatic carbocycles. The van der Waals surface area contributed by atoms with Crippen molar-refractivity contribution in [2.45, 2.75) is 25.9 Å². The fourth-order valence-electron chi connectivity index (χ4n) is 3.63. The molecule has 1 N–H and O–H groups in total. The quantitative estimate of drug-likeness (QED) is 0.883. The van der Waals surface area contributed by atoms with E-state index in [2.05, 4.69) is 46.1 Å². The molecule has 2 saturated heterocycles. The highest BCUT2D eigenvalue weighted by Crippen LogP contribution is 2.41. The Labute approximate surface area is 128 Å². The van der Waals surface area contributed by atoms with Crippen LogP contribution in [0.1, 0.15) is 19.4 Å². The van der Waals surface area contributed by atoms with E-state index in [9.17, 15) is 0 Å². The van der Waals surface area contributed by atoms with Crippen molar-refractivity contribution in [1.82, 2.24) is 10.2 Å². The molecule has 19 heavy (non-hydrogen) atoms. The van der Waals surface area contributed by atoms with Crippen molar-refractivity contribution < 1.29 is 0 Å². The lowest BCUT2D eigenvalue weighted by Gasteiger charge is -2.36. The van der Waals surface area contributed by atoms with Gasteiger partial charge < -0.3 is 5.32 Å². The van der Waals surface area contributed by atoms with Crippen molar-refractivity contribution in [2.24, 2.45) is 11.8 Å². The van der Waals surface area contributed by atoms with Crippen molar-refractivity contribution in [3.8, 4) is 0 Å². The van der Waals surface area contributed by atoms with Crippen LogP contribution in [0.15, 0.2) is 22.7 Å². The number of halogens is 2. The summed E-state index contributed by atoms with van der Waals surface area (Å²) in [4.78, 5) is 2.62. The number of hydrogen-bond donors (Lipinski definition) is 1. The first-order chi connectivity index (χ1) is 8.98. The van der Waals surface area contributed by atoms with Crippen LogP contribution in [-0.2, 0) is 6.54 Å². The molecular formula is C15H20BrClN2. The van der Waals surface area contributed by atoms with Gasteiger partial charge in [-0.05, 0) is 49.9 Å². The maximum Gasteiger partial charge on any atom is 0.0417 e. The highest BCUT2D eigenvalue weighted by Gasteiger charge is 2.49. The topological polar surface area (TPSA) is 15.3 Å². The van der Waals surface area contributed by atoms with Crippen LogP contribution in [0, 0.1) is 11.8 Å². The van der Waals surface area contributed by atoms with Gasteiger partial charge in [0.25, 0.3) is 0 Å². The van der Waals surface area contributed by atoms with Crippen molar-refractivity contribution >= 4 is 27.5 Å². The van der Waals surface area contributed by atoms with Gasteiger partial charge in [0.2, 0.25) is 0 Å². The van der Waals surface area contributed by atoms with E-state index in [0.29, 0.717) is 0 Å². The fraction of sp³-hybridized carbons (Fsp3) is 0.600. The van der Waals surface area contributed by atoms with Gasteiger partial charge in [-0.25, -0.2) is 0 Å². The third-order valence-corrected chi connectivity index (χ3v) is 5.87. The third kappa shape index (κ3) is 2.46. The Bertz CT molecular complexity index is 489. The summed E-state index contributed by atoms with van der Waals surface area (Å²) in [6, 6.07) is 6.10. The molecule has 0 saturated carbocycles. The van der Waals surface area contributed by atoms with Gasteiger partial charge in [0.15, 0.2) is 0 Å². The predicted octanol–water partition coefficient (Wildman–Crippen LogP) is 3.53.